The van der Waals surface area contributed by atoms with Crippen LogP contribution < -0.4 is 15.3 Å². The number of carboxylic acids is 3. The van der Waals surface area contributed by atoms with Crippen molar-refractivity contribution in [2.45, 2.75) is 329 Å². The first-order valence-electron chi connectivity index (χ1n) is 26.9. The summed E-state index contributed by atoms with van der Waals surface area (Å²) < 4.78 is 0. The predicted molar refractivity (Wildman–Crippen MR) is 259 cm³/mol. The standard InChI is InChI=1S/3C18H36O2.Al/c3*1-2-3-4-5-6-7-8-9-10-11-12-13-14-15-16-17-18(19)20;/h3*2-17H2,1H3,(H,19,20);/p-3. The molecule has 0 saturated carbocycles. The van der Waals surface area contributed by atoms with Crippen LogP contribution in [0.5, 0.6) is 0 Å². The lowest BCUT2D eigenvalue weighted by Gasteiger charge is -2.04. The highest BCUT2D eigenvalue weighted by atomic mass is 27.0. The summed E-state index contributed by atoms with van der Waals surface area (Å²) in [6.07, 6.45) is 59.6. The van der Waals surface area contributed by atoms with Gasteiger partial charge in [0.2, 0.25) is 0 Å². The molecule has 363 valence electrons. The molecular formula is C54H105AlO6-3. The Morgan fingerprint density at radius 3 is 0.410 bits per heavy atom. The van der Waals surface area contributed by atoms with Crippen molar-refractivity contribution in [3.05, 3.63) is 0 Å². The zero-order valence-corrected chi connectivity index (χ0v) is 42.6. The molecule has 0 aliphatic heterocycles. The molecule has 0 spiro atoms. The molecule has 0 aliphatic rings. The van der Waals surface area contributed by atoms with Crippen molar-refractivity contribution in [3.8, 4) is 0 Å². The van der Waals surface area contributed by atoms with Crippen molar-refractivity contribution in [1.29, 1.82) is 0 Å². The molecule has 0 N–H and O–H groups in total. The fourth-order valence-electron chi connectivity index (χ4n) is 7.92. The van der Waals surface area contributed by atoms with Gasteiger partial charge in [0, 0.05) is 35.3 Å². The van der Waals surface area contributed by atoms with Gasteiger partial charge in [-0.3, -0.25) is 0 Å². The highest BCUT2D eigenvalue weighted by Gasteiger charge is 1.98. The second-order valence-electron chi connectivity index (χ2n) is 18.2. The lowest BCUT2D eigenvalue weighted by molar-refractivity contribution is -0.307. The highest BCUT2D eigenvalue weighted by molar-refractivity contribution is 5.75. The minimum absolute atomic E-state index is 0. The van der Waals surface area contributed by atoms with E-state index in [0.29, 0.717) is 0 Å². The molecule has 0 atom stereocenters. The Labute approximate surface area is 392 Å². The van der Waals surface area contributed by atoms with E-state index >= 15 is 0 Å². The lowest BCUT2D eigenvalue weighted by atomic mass is 10.0. The van der Waals surface area contributed by atoms with E-state index in [9.17, 15) is 29.7 Å². The van der Waals surface area contributed by atoms with Crippen LogP contribution in [0.1, 0.15) is 329 Å². The van der Waals surface area contributed by atoms with Gasteiger partial charge in [0.15, 0.2) is 0 Å². The molecule has 0 fully saturated rings. The third-order valence-electron chi connectivity index (χ3n) is 12.0. The smallest absolute Gasteiger partial charge is 0.0414 e. The van der Waals surface area contributed by atoms with Gasteiger partial charge in [0.05, 0.1) is 0 Å². The van der Waals surface area contributed by atoms with E-state index in [2.05, 4.69) is 20.8 Å². The van der Waals surface area contributed by atoms with E-state index in [1.807, 2.05) is 0 Å². The van der Waals surface area contributed by atoms with Gasteiger partial charge in [0.1, 0.15) is 0 Å². The number of unbranched alkanes of at least 4 members (excludes halogenated alkanes) is 42. The fraction of sp³-hybridized carbons (Fsp3) is 0.944. The number of hydrogen-bond acceptors (Lipinski definition) is 6. The zero-order chi connectivity index (χ0) is 44.7. The summed E-state index contributed by atoms with van der Waals surface area (Å²) in [6, 6.07) is 0. The SMILES string of the molecule is CCCCCCCCCCCCCCCCCC(=O)[O-].CCCCCCCCCCCCCCCCCC(=O)[O-].CCCCCCCCCCCCCCCCCC(=O)[O-].[Al]. The Morgan fingerprint density at radius 2 is 0.311 bits per heavy atom. The van der Waals surface area contributed by atoms with Crippen molar-refractivity contribution >= 4 is 35.3 Å². The molecule has 0 unspecified atom stereocenters. The summed E-state index contributed by atoms with van der Waals surface area (Å²) in [5.41, 5.74) is 0. The molecular weight excluding hydrogens is 772 g/mol. The summed E-state index contributed by atoms with van der Waals surface area (Å²) in [5.74, 6) is -2.71. The topological polar surface area (TPSA) is 120 Å². The summed E-state index contributed by atoms with van der Waals surface area (Å²) in [5, 5.41) is 30.7. The molecule has 3 radical (unpaired) electrons. The molecule has 0 aliphatic carbocycles. The largest absolute Gasteiger partial charge is 0.550 e. The van der Waals surface area contributed by atoms with Gasteiger partial charge < -0.3 is 29.7 Å². The summed E-state index contributed by atoms with van der Waals surface area (Å²) >= 11 is 0. The van der Waals surface area contributed by atoms with Gasteiger partial charge in [-0.2, -0.15) is 0 Å². The predicted octanol–water partition coefficient (Wildman–Crippen LogP) is 14.6. The zero-order valence-electron chi connectivity index (χ0n) is 41.5. The van der Waals surface area contributed by atoms with E-state index in [-0.39, 0.29) is 36.6 Å². The van der Waals surface area contributed by atoms with Crippen LogP contribution in [0.15, 0.2) is 0 Å². The molecule has 7 heteroatoms. The molecule has 0 aromatic heterocycles. The summed E-state index contributed by atoms with van der Waals surface area (Å²) in [7, 11) is 0. The number of carbonyl (C=O) groups excluding carboxylic acids is 3. The first-order valence-corrected chi connectivity index (χ1v) is 26.9. The first-order chi connectivity index (χ1) is 29.3. The molecule has 0 rings (SSSR count). The third-order valence-corrected chi connectivity index (χ3v) is 12.0. The Kier molecular flexibility index (Phi) is 69.0. The van der Waals surface area contributed by atoms with E-state index in [1.165, 1.54) is 250 Å². The van der Waals surface area contributed by atoms with Gasteiger partial charge in [-0.05, 0) is 38.5 Å². The van der Waals surface area contributed by atoms with E-state index < -0.39 is 17.9 Å². The maximum atomic E-state index is 10.2. The molecule has 0 heterocycles. The average molecular weight is 877 g/mol. The fourth-order valence-corrected chi connectivity index (χ4v) is 7.92. The molecule has 0 bridgehead atoms. The van der Waals surface area contributed by atoms with Crippen molar-refractivity contribution in [2.24, 2.45) is 0 Å². The minimum Gasteiger partial charge on any atom is -0.550 e. The summed E-state index contributed by atoms with van der Waals surface area (Å²) in [6.45, 7) is 6.80. The normalized spacial score (nSPS) is 10.7. The van der Waals surface area contributed by atoms with Crippen LogP contribution in [0.25, 0.3) is 0 Å². The average Bonchev–Trinajstić information content (AvgIpc) is 3.22. The minimum atomic E-state index is -0.903. The molecule has 0 saturated heterocycles. The Bertz CT molecular complexity index is 717. The molecule has 0 aromatic rings. The van der Waals surface area contributed by atoms with Crippen LogP contribution in [0.3, 0.4) is 0 Å². The Hall–Kier alpha value is -1.06. The van der Waals surface area contributed by atoms with Crippen LogP contribution in [0, 0.1) is 0 Å². The van der Waals surface area contributed by atoms with Gasteiger partial charge in [-0.25, -0.2) is 0 Å². The van der Waals surface area contributed by atoms with Crippen molar-refractivity contribution < 1.29 is 29.7 Å². The van der Waals surface area contributed by atoms with Crippen LogP contribution in [-0.2, 0) is 14.4 Å². The van der Waals surface area contributed by atoms with Crippen LogP contribution in [0.2, 0.25) is 0 Å². The maximum Gasteiger partial charge on any atom is 0.0414 e. The summed E-state index contributed by atoms with van der Waals surface area (Å²) in [4.78, 5) is 30.7. The monoisotopic (exact) mass is 877 g/mol. The third kappa shape index (κ3) is 76.6. The van der Waals surface area contributed by atoms with Crippen molar-refractivity contribution in [1.82, 2.24) is 0 Å². The molecule has 0 aromatic carbocycles. The number of rotatable bonds is 48. The van der Waals surface area contributed by atoms with Crippen molar-refractivity contribution in [2.75, 3.05) is 0 Å². The van der Waals surface area contributed by atoms with Crippen molar-refractivity contribution in [3.63, 3.8) is 0 Å². The number of aliphatic carboxylic acids is 3. The Balaban J connectivity index is -0.000000396. The van der Waals surface area contributed by atoms with E-state index in [0.717, 1.165) is 38.5 Å². The Morgan fingerprint density at radius 1 is 0.213 bits per heavy atom. The number of carbonyl (C=O) groups is 3. The second-order valence-corrected chi connectivity index (χ2v) is 18.2. The van der Waals surface area contributed by atoms with Crippen LogP contribution in [-0.4, -0.2) is 35.3 Å². The van der Waals surface area contributed by atoms with Gasteiger partial charge >= 0.3 is 0 Å². The van der Waals surface area contributed by atoms with Gasteiger partial charge in [-0.15, -0.1) is 0 Å². The van der Waals surface area contributed by atoms with Gasteiger partial charge in [0.25, 0.3) is 0 Å². The second kappa shape index (κ2) is 63.2. The molecule has 0 amide bonds. The maximum absolute atomic E-state index is 10.2. The van der Waals surface area contributed by atoms with Gasteiger partial charge in [-0.1, -0.05) is 290 Å². The molecule has 61 heavy (non-hydrogen) atoms. The highest BCUT2D eigenvalue weighted by Crippen LogP contribution is 2.16. The number of hydrogen-bond donors (Lipinski definition) is 0. The first kappa shape index (κ1) is 66.5. The van der Waals surface area contributed by atoms with Crippen LogP contribution >= 0.6 is 0 Å². The lowest BCUT2D eigenvalue weighted by Crippen LogP contribution is -2.21. The van der Waals surface area contributed by atoms with E-state index in [4.69, 9.17) is 0 Å². The van der Waals surface area contributed by atoms with E-state index in [1.54, 1.807) is 0 Å². The molecule has 6 nitrogen and oxygen atoms in total. The van der Waals surface area contributed by atoms with Crippen LogP contribution in [0.4, 0.5) is 0 Å². The number of carboxylic acid groups (broad SMARTS) is 3. The quantitative estimate of drug-likeness (QED) is 0.0443.